The molecule has 4 rings (SSSR count). The number of hydrogen-bond acceptors (Lipinski definition) is 6. The predicted molar refractivity (Wildman–Crippen MR) is 108 cm³/mol. The fourth-order valence-electron chi connectivity index (χ4n) is 2.88. The van der Waals surface area contributed by atoms with Crippen LogP contribution >= 0.6 is 11.3 Å². The number of fused-ring (bicyclic) bond motifs is 2. The number of amides is 1. The van der Waals surface area contributed by atoms with Crippen molar-refractivity contribution < 1.29 is 9.18 Å². The van der Waals surface area contributed by atoms with E-state index in [1.165, 1.54) is 23.5 Å². The predicted octanol–water partition coefficient (Wildman–Crippen LogP) is 2.77. The number of nitrogens with zero attached hydrogens (tertiary/aromatic N) is 6. The van der Waals surface area contributed by atoms with E-state index in [0.717, 1.165) is 11.0 Å². The third-order valence-corrected chi connectivity index (χ3v) is 5.39. The van der Waals surface area contributed by atoms with Gasteiger partial charge in [-0.25, -0.2) is 14.1 Å². The first-order valence-corrected chi connectivity index (χ1v) is 9.62. The largest absolute Gasteiger partial charge is 0.308 e. The topological polar surface area (TPSA) is 67.2 Å². The third-order valence-electron chi connectivity index (χ3n) is 4.35. The van der Waals surface area contributed by atoms with Crippen LogP contribution in [0.1, 0.15) is 0 Å². The summed E-state index contributed by atoms with van der Waals surface area (Å²) in [6, 6.07) is 12.0. The minimum absolute atomic E-state index is 0.0538. The Morgan fingerprint density at radius 3 is 2.79 bits per heavy atom. The summed E-state index contributed by atoms with van der Waals surface area (Å²) in [5.41, 5.74) is 2.22. The van der Waals surface area contributed by atoms with Crippen LogP contribution in [0.25, 0.3) is 21.3 Å². The van der Waals surface area contributed by atoms with Gasteiger partial charge in [0.25, 0.3) is 5.91 Å². The molecule has 0 unspecified atom stereocenters. The maximum Gasteiger partial charge on any atom is 0.250 e. The molecular weight excluding hydrogens is 379 g/mol. The lowest BCUT2D eigenvalue weighted by molar-refractivity contribution is -0.119. The fourth-order valence-corrected chi connectivity index (χ4v) is 3.91. The Balaban J connectivity index is 1.65. The lowest BCUT2D eigenvalue weighted by Gasteiger charge is -2.22. The van der Waals surface area contributed by atoms with Crippen LogP contribution < -0.4 is 4.90 Å². The summed E-state index contributed by atoms with van der Waals surface area (Å²) < 4.78 is 15.8. The molecular formula is C19H19FN6OS. The van der Waals surface area contributed by atoms with E-state index >= 15 is 0 Å². The Labute approximate surface area is 165 Å². The number of thiazole rings is 1. The lowest BCUT2D eigenvalue weighted by atomic mass is 10.3. The quantitative estimate of drug-likeness (QED) is 0.500. The van der Waals surface area contributed by atoms with Crippen molar-refractivity contribution in [2.75, 3.05) is 32.1 Å². The molecule has 28 heavy (non-hydrogen) atoms. The molecule has 4 aromatic rings. The molecule has 2 aromatic carbocycles. The summed E-state index contributed by atoms with van der Waals surface area (Å²) in [6.07, 6.45) is 0. The molecule has 0 fully saturated rings. The highest BCUT2D eigenvalue weighted by atomic mass is 32.1. The number of benzene rings is 2. The van der Waals surface area contributed by atoms with Crippen LogP contribution in [0.2, 0.25) is 0 Å². The number of rotatable bonds is 6. The number of carbonyl (C=O) groups is 1. The van der Waals surface area contributed by atoms with Gasteiger partial charge in [-0.05, 0) is 44.4 Å². The first-order chi connectivity index (χ1) is 13.5. The molecule has 0 aliphatic carbocycles. The minimum atomic E-state index is -0.317. The Morgan fingerprint density at radius 1 is 1.14 bits per heavy atom. The van der Waals surface area contributed by atoms with E-state index in [9.17, 15) is 9.18 Å². The highest BCUT2D eigenvalue weighted by molar-refractivity contribution is 7.22. The van der Waals surface area contributed by atoms with Crippen LogP contribution in [0, 0.1) is 5.82 Å². The zero-order chi connectivity index (χ0) is 19.7. The molecule has 144 valence electrons. The second kappa shape index (κ2) is 7.61. The zero-order valence-electron chi connectivity index (χ0n) is 15.5. The molecule has 2 aromatic heterocycles. The summed E-state index contributed by atoms with van der Waals surface area (Å²) in [4.78, 5) is 21.3. The number of carbonyl (C=O) groups excluding carboxylic acids is 1. The molecule has 1 amide bonds. The van der Waals surface area contributed by atoms with E-state index in [1.54, 1.807) is 15.6 Å². The van der Waals surface area contributed by atoms with Crippen molar-refractivity contribution in [2.24, 2.45) is 0 Å². The number of aromatic nitrogens is 4. The van der Waals surface area contributed by atoms with Gasteiger partial charge in [-0.3, -0.25) is 9.69 Å². The molecule has 0 saturated carbocycles. The number of hydrogen-bond donors (Lipinski definition) is 0. The van der Waals surface area contributed by atoms with Gasteiger partial charge in [0, 0.05) is 13.1 Å². The van der Waals surface area contributed by atoms with E-state index in [2.05, 4.69) is 15.3 Å². The first-order valence-electron chi connectivity index (χ1n) is 8.81. The average Bonchev–Trinajstić information content (AvgIpc) is 3.25. The molecule has 0 spiro atoms. The molecule has 0 aliphatic heterocycles. The molecule has 0 saturated heterocycles. The van der Waals surface area contributed by atoms with Gasteiger partial charge < -0.3 is 4.90 Å². The normalized spacial score (nSPS) is 11.6. The second-order valence-corrected chi connectivity index (χ2v) is 7.70. The highest BCUT2D eigenvalue weighted by Crippen LogP contribution is 2.29. The molecule has 0 bridgehead atoms. The Hall–Kier alpha value is -2.91. The first kappa shape index (κ1) is 18.5. The van der Waals surface area contributed by atoms with Crippen molar-refractivity contribution in [1.82, 2.24) is 24.9 Å². The van der Waals surface area contributed by atoms with Crippen molar-refractivity contribution in [3.05, 3.63) is 48.3 Å². The van der Waals surface area contributed by atoms with Crippen molar-refractivity contribution in [3.8, 4) is 0 Å². The summed E-state index contributed by atoms with van der Waals surface area (Å²) in [5, 5.41) is 8.76. The van der Waals surface area contributed by atoms with Crippen LogP contribution in [-0.4, -0.2) is 58.0 Å². The molecule has 2 heterocycles. The van der Waals surface area contributed by atoms with Crippen LogP contribution in [-0.2, 0) is 11.3 Å². The van der Waals surface area contributed by atoms with Gasteiger partial charge in [0.2, 0.25) is 0 Å². The minimum Gasteiger partial charge on any atom is -0.308 e. The lowest BCUT2D eigenvalue weighted by Crippen LogP contribution is -2.38. The molecule has 0 N–H and O–H groups in total. The van der Waals surface area contributed by atoms with E-state index < -0.39 is 0 Å². The maximum absolute atomic E-state index is 13.5. The van der Waals surface area contributed by atoms with Gasteiger partial charge in [-0.2, -0.15) is 0 Å². The molecule has 7 nitrogen and oxygen atoms in total. The van der Waals surface area contributed by atoms with Crippen molar-refractivity contribution in [3.63, 3.8) is 0 Å². The molecule has 0 atom stereocenters. The van der Waals surface area contributed by atoms with Gasteiger partial charge in [0.15, 0.2) is 5.13 Å². The molecule has 0 aliphatic rings. The average molecular weight is 398 g/mol. The standard InChI is InChI=1S/C19H19FN6OS/c1-24(2)9-10-25(19-21-15-8-7-13(20)11-17(15)28-19)18(27)12-26-16-6-4-3-5-14(16)22-23-26/h3-8,11H,9-10,12H2,1-2H3. The third kappa shape index (κ3) is 3.71. The van der Waals surface area contributed by atoms with E-state index in [-0.39, 0.29) is 18.3 Å². The Kier molecular flexibility index (Phi) is 5.01. The summed E-state index contributed by atoms with van der Waals surface area (Å²) >= 11 is 1.31. The van der Waals surface area contributed by atoms with Crippen LogP contribution in [0.15, 0.2) is 42.5 Å². The van der Waals surface area contributed by atoms with Crippen LogP contribution in [0.4, 0.5) is 9.52 Å². The van der Waals surface area contributed by atoms with Crippen molar-refractivity contribution >= 4 is 43.6 Å². The number of likely N-dealkylation sites (N-methyl/N-ethyl adjacent to an activating group) is 1. The molecule has 9 heteroatoms. The van der Waals surface area contributed by atoms with Gasteiger partial charge in [0.1, 0.15) is 17.9 Å². The number of para-hydroxylation sites is 1. The van der Waals surface area contributed by atoms with Crippen LogP contribution in [0.5, 0.6) is 0 Å². The van der Waals surface area contributed by atoms with E-state index in [4.69, 9.17) is 0 Å². The summed E-state index contributed by atoms with van der Waals surface area (Å²) in [5.74, 6) is -0.458. The smallest absolute Gasteiger partial charge is 0.250 e. The van der Waals surface area contributed by atoms with E-state index in [1.807, 2.05) is 43.3 Å². The Bertz CT molecular complexity index is 1140. The van der Waals surface area contributed by atoms with Gasteiger partial charge >= 0.3 is 0 Å². The zero-order valence-corrected chi connectivity index (χ0v) is 16.4. The van der Waals surface area contributed by atoms with E-state index in [0.29, 0.717) is 28.4 Å². The second-order valence-electron chi connectivity index (χ2n) is 6.69. The Morgan fingerprint density at radius 2 is 1.96 bits per heavy atom. The maximum atomic E-state index is 13.5. The monoisotopic (exact) mass is 398 g/mol. The van der Waals surface area contributed by atoms with Gasteiger partial charge in [-0.1, -0.05) is 28.7 Å². The van der Waals surface area contributed by atoms with Crippen LogP contribution in [0.3, 0.4) is 0 Å². The number of anilines is 1. The van der Waals surface area contributed by atoms with Gasteiger partial charge in [-0.15, -0.1) is 5.10 Å². The van der Waals surface area contributed by atoms with Crippen molar-refractivity contribution in [1.29, 1.82) is 0 Å². The van der Waals surface area contributed by atoms with Gasteiger partial charge in [0.05, 0.1) is 15.7 Å². The number of halogens is 1. The summed E-state index contributed by atoms with van der Waals surface area (Å²) in [6.45, 7) is 1.20. The van der Waals surface area contributed by atoms with Crippen molar-refractivity contribution in [2.45, 2.75) is 6.54 Å². The summed E-state index contributed by atoms with van der Waals surface area (Å²) in [7, 11) is 3.89. The fraction of sp³-hybridized carbons (Fsp3) is 0.263. The molecule has 0 radical (unpaired) electrons. The SMILES string of the molecule is CN(C)CCN(C(=O)Cn1nnc2ccccc21)c1nc2ccc(F)cc2s1. The highest BCUT2D eigenvalue weighted by Gasteiger charge is 2.21.